The highest BCUT2D eigenvalue weighted by molar-refractivity contribution is 5.87. The number of nitrogens with two attached hydrogens (primary N) is 1. The summed E-state index contributed by atoms with van der Waals surface area (Å²) in [6, 6.07) is 7.20. The molecule has 0 bridgehead atoms. The van der Waals surface area contributed by atoms with Crippen molar-refractivity contribution in [3.05, 3.63) is 56.6 Å². The second kappa shape index (κ2) is 9.83. The number of hydrogen-bond donors (Lipinski definition) is 1. The monoisotopic (exact) mass is 466 g/mol. The van der Waals surface area contributed by atoms with E-state index in [-0.39, 0.29) is 16.5 Å². The van der Waals surface area contributed by atoms with Crippen molar-refractivity contribution >= 4 is 23.8 Å². The van der Waals surface area contributed by atoms with E-state index >= 15 is 0 Å². The first-order chi connectivity index (χ1) is 15.8. The van der Waals surface area contributed by atoms with Crippen LogP contribution >= 0.6 is 0 Å². The van der Waals surface area contributed by atoms with Gasteiger partial charge >= 0.3 is 5.69 Å². The number of nitrogens with zero attached hydrogens (tertiary/aromatic N) is 3. The van der Waals surface area contributed by atoms with Crippen molar-refractivity contribution in [2.45, 2.75) is 54.6 Å². The minimum absolute atomic E-state index is 0.00588. The Labute approximate surface area is 201 Å². The zero-order chi connectivity index (χ0) is 25.1. The Balaban J connectivity index is 0.000000192. The van der Waals surface area contributed by atoms with Gasteiger partial charge < -0.3 is 15.2 Å². The highest BCUT2D eigenvalue weighted by atomic mass is 16.6. The summed E-state index contributed by atoms with van der Waals surface area (Å²) < 4.78 is 11.3. The lowest BCUT2D eigenvalue weighted by molar-refractivity contribution is -0.386. The van der Waals surface area contributed by atoms with Gasteiger partial charge in [-0.3, -0.25) is 20.1 Å². The maximum absolute atomic E-state index is 11.0. The molecule has 2 aromatic carbocycles. The van der Waals surface area contributed by atoms with Crippen LogP contribution in [0.15, 0.2) is 34.3 Å². The second-order valence-corrected chi connectivity index (χ2v) is 11.0. The minimum atomic E-state index is -0.412. The number of rotatable bonds is 5. The van der Waals surface area contributed by atoms with Gasteiger partial charge in [0.05, 0.1) is 36.9 Å². The Morgan fingerprint density at radius 2 is 1.32 bits per heavy atom. The van der Waals surface area contributed by atoms with Crippen molar-refractivity contribution in [3.8, 4) is 11.5 Å². The van der Waals surface area contributed by atoms with Gasteiger partial charge in [-0.25, -0.2) is 0 Å². The number of nitrogen functional groups attached to an aromatic ring is 1. The minimum Gasteiger partial charge on any atom is -0.491 e. The van der Waals surface area contributed by atoms with Crippen LogP contribution in [0, 0.1) is 20.9 Å². The lowest BCUT2D eigenvalue weighted by Gasteiger charge is -2.20. The fourth-order valence-corrected chi connectivity index (χ4v) is 3.25. The summed E-state index contributed by atoms with van der Waals surface area (Å²) in [5, 5.41) is 11.0. The Bertz CT molecular complexity index is 1130. The molecule has 0 aromatic heterocycles. The number of benzene rings is 2. The molecular formula is C26H34N4O4. The fraction of sp³-hybridized carbons (Fsp3) is 0.462. The first kappa shape index (κ1) is 25.2. The van der Waals surface area contributed by atoms with Gasteiger partial charge in [0.1, 0.15) is 5.75 Å². The Kier molecular flexibility index (Phi) is 7.29. The molecule has 8 nitrogen and oxygen atoms in total. The predicted molar refractivity (Wildman–Crippen MR) is 136 cm³/mol. The van der Waals surface area contributed by atoms with Gasteiger partial charge in [0, 0.05) is 24.1 Å². The van der Waals surface area contributed by atoms with Crippen LogP contribution in [-0.2, 0) is 13.1 Å². The summed E-state index contributed by atoms with van der Waals surface area (Å²) in [6.45, 7) is 14.9. The summed E-state index contributed by atoms with van der Waals surface area (Å²) >= 11 is 0. The van der Waals surface area contributed by atoms with E-state index < -0.39 is 4.92 Å². The average Bonchev–Trinajstić information content (AvgIpc) is 3.37. The quantitative estimate of drug-likeness (QED) is 0.351. The molecule has 8 heteroatoms. The van der Waals surface area contributed by atoms with Crippen molar-refractivity contribution < 1.29 is 14.4 Å². The van der Waals surface area contributed by atoms with Crippen LogP contribution in [0.2, 0.25) is 0 Å². The molecule has 34 heavy (non-hydrogen) atoms. The molecule has 0 aliphatic carbocycles. The van der Waals surface area contributed by atoms with Crippen LogP contribution in [0.25, 0.3) is 0 Å². The van der Waals surface area contributed by atoms with Crippen molar-refractivity contribution in [2.75, 3.05) is 18.9 Å². The van der Waals surface area contributed by atoms with Gasteiger partial charge in [0.25, 0.3) is 0 Å². The molecule has 0 spiro atoms. The van der Waals surface area contributed by atoms with E-state index in [1.165, 1.54) is 11.6 Å². The molecule has 4 rings (SSSR count). The van der Waals surface area contributed by atoms with Crippen molar-refractivity contribution in [1.29, 1.82) is 0 Å². The highest BCUT2D eigenvalue weighted by Gasteiger charge is 2.22. The van der Waals surface area contributed by atoms with E-state index in [0.717, 1.165) is 29.0 Å². The lowest BCUT2D eigenvalue weighted by atomic mass is 9.98. The summed E-state index contributed by atoms with van der Waals surface area (Å²) in [5.74, 6) is 1.11. The Morgan fingerprint density at radius 1 is 0.853 bits per heavy atom. The maximum Gasteiger partial charge on any atom is 0.311 e. The molecule has 2 N–H and O–H groups in total. The third kappa shape index (κ3) is 6.79. The number of anilines is 1. The van der Waals surface area contributed by atoms with Crippen molar-refractivity contribution in [3.63, 3.8) is 0 Å². The predicted octanol–water partition coefficient (Wildman–Crippen LogP) is 5.58. The van der Waals surface area contributed by atoms with Gasteiger partial charge in [0.15, 0.2) is 5.75 Å². The van der Waals surface area contributed by atoms with Gasteiger partial charge in [-0.2, -0.15) is 0 Å². The number of aliphatic imine (C=N–C) groups is 2. The molecule has 2 heterocycles. The van der Waals surface area contributed by atoms with Crippen LogP contribution in [-0.4, -0.2) is 30.6 Å². The largest absolute Gasteiger partial charge is 0.491 e. The third-order valence-corrected chi connectivity index (χ3v) is 4.99. The zero-order valence-corrected chi connectivity index (χ0v) is 20.8. The Hall–Kier alpha value is -3.42. The lowest BCUT2D eigenvalue weighted by Crippen LogP contribution is -2.17. The summed E-state index contributed by atoms with van der Waals surface area (Å²) in [5.41, 5.74) is 10.8. The van der Waals surface area contributed by atoms with E-state index in [1.807, 2.05) is 39.1 Å². The molecule has 2 aliphatic heterocycles. The normalized spacial score (nSPS) is 13.7. The topological polar surface area (TPSA) is 112 Å². The van der Waals surface area contributed by atoms with Crippen molar-refractivity contribution in [1.82, 2.24) is 0 Å². The van der Waals surface area contributed by atoms with Crippen LogP contribution < -0.4 is 15.2 Å². The number of nitro benzene ring substituents is 1. The fourth-order valence-electron chi connectivity index (χ4n) is 3.25. The highest BCUT2D eigenvalue weighted by Crippen LogP contribution is 2.33. The standard InChI is InChI=1S/C13H16N2O3.C13H18N2O/c1-13(2,3)8-18-12-5-10-7-14-6-9(10)4-11(12)15(16)17;1-13(2,3)8-16-12-5-10-7-15-6-9(10)4-11(12)14/h4-6H,7-8H2,1-3H3;4-6H,7-8,14H2,1-3H3. The zero-order valence-electron chi connectivity index (χ0n) is 20.8. The summed E-state index contributed by atoms with van der Waals surface area (Å²) in [7, 11) is 0. The summed E-state index contributed by atoms with van der Waals surface area (Å²) in [4.78, 5) is 18.9. The molecule has 182 valence electrons. The van der Waals surface area contributed by atoms with Crippen LogP contribution in [0.4, 0.5) is 11.4 Å². The molecular weight excluding hydrogens is 432 g/mol. The van der Waals surface area contributed by atoms with Gasteiger partial charge in [-0.1, -0.05) is 41.5 Å². The molecule has 0 unspecified atom stereocenters. The van der Waals surface area contributed by atoms with Gasteiger partial charge in [-0.05, 0) is 45.7 Å². The van der Waals surface area contributed by atoms with Gasteiger partial charge in [-0.15, -0.1) is 0 Å². The smallest absolute Gasteiger partial charge is 0.311 e. The SMILES string of the molecule is CC(C)(C)COc1cc2c(cc1N)C=NC2.CC(C)(C)COc1cc2c(cc1[N+](=O)[O-])C=NC2. The van der Waals surface area contributed by atoms with Crippen LogP contribution in [0.1, 0.15) is 63.8 Å². The van der Waals surface area contributed by atoms with Crippen LogP contribution in [0.3, 0.4) is 0 Å². The number of ether oxygens (including phenoxy) is 2. The first-order valence-electron chi connectivity index (χ1n) is 11.3. The van der Waals surface area contributed by atoms with Gasteiger partial charge in [0.2, 0.25) is 0 Å². The average molecular weight is 467 g/mol. The molecule has 0 amide bonds. The third-order valence-electron chi connectivity index (χ3n) is 4.99. The maximum atomic E-state index is 11.0. The first-order valence-corrected chi connectivity index (χ1v) is 11.3. The van der Waals surface area contributed by atoms with E-state index in [1.54, 1.807) is 12.3 Å². The number of nitro groups is 1. The van der Waals surface area contributed by atoms with E-state index in [9.17, 15) is 10.1 Å². The van der Waals surface area contributed by atoms with E-state index in [0.29, 0.717) is 31.2 Å². The molecule has 2 aliphatic rings. The number of hydrogen-bond acceptors (Lipinski definition) is 7. The van der Waals surface area contributed by atoms with E-state index in [4.69, 9.17) is 15.2 Å². The number of fused-ring (bicyclic) bond motifs is 2. The molecule has 0 fully saturated rings. The molecule has 0 atom stereocenters. The molecule has 0 saturated heterocycles. The van der Waals surface area contributed by atoms with Crippen molar-refractivity contribution in [2.24, 2.45) is 20.8 Å². The Morgan fingerprint density at radius 3 is 1.82 bits per heavy atom. The van der Waals surface area contributed by atoms with E-state index in [2.05, 4.69) is 30.8 Å². The molecule has 0 radical (unpaired) electrons. The summed E-state index contributed by atoms with van der Waals surface area (Å²) in [6.07, 6.45) is 3.52. The molecule has 0 saturated carbocycles. The molecule has 2 aromatic rings. The second-order valence-electron chi connectivity index (χ2n) is 11.0. The van der Waals surface area contributed by atoms with Crippen LogP contribution in [0.5, 0.6) is 11.5 Å².